The van der Waals surface area contributed by atoms with Crippen LogP contribution in [0.5, 0.6) is 0 Å². The molecule has 82 valence electrons. The Balaban J connectivity index is 2.12. The molecule has 0 saturated carbocycles. The first-order valence-electron chi connectivity index (χ1n) is 5.05. The number of hydrogen-bond acceptors (Lipinski definition) is 5. The molecule has 14 heavy (non-hydrogen) atoms. The van der Waals surface area contributed by atoms with Gasteiger partial charge in [0.15, 0.2) is 0 Å². The summed E-state index contributed by atoms with van der Waals surface area (Å²) in [5.41, 5.74) is 0. The van der Waals surface area contributed by atoms with Crippen molar-refractivity contribution in [2.24, 2.45) is 0 Å². The second-order valence-corrected chi connectivity index (χ2v) is 11.8. The number of nitrogens with zero attached hydrogens (tertiary/aromatic N) is 2. The Kier molecular flexibility index (Phi) is 3.67. The first-order valence-corrected chi connectivity index (χ1v) is 9.82. The van der Waals surface area contributed by atoms with E-state index in [-0.39, 0.29) is 0 Å². The summed E-state index contributed by atoms with van der Waals surface area (Å²) in [7, 11) is 3.99. The second-order valence-electron chi connectivity index (χ2n) is 3.81. The SMILES string of the molecule is C[N](C)[Sn]12[O]CCN(CC[O]1)CC[O]2. The third-order valence-electron chi connectivity index (χ3n) is 2.62. The Hall–Kier alpha value is 0.599. The van der Waals surface area contributed by atoms with Gasteiger partial charge in [-0.25, -0.2) is 0 Å². The van der Waals surface area contributed by atoms with Crippen molar-refractivity contribution >= 4 is 19.9 Å². The molecule has 0 unspecified atom stereocenters. The van der Waals surface area contributed by atoms with Gasteiger partial charge in [0, 0.05) is 0 Å². The molecule has 0 amide bonds. The Morgan fingerprint density at radius 2 is 1.36 bits per heavy atom. The van der Waals surface area contributed by atoms with Gasteiger partial charge in [-0.05, 0) is 0 Å². The molecule has 0 N–H and O–H groups in total. The molecule has 6 heteroatoms. The molecule has 0 aromatic heterocycles. The van der Waals surface area contributed by atoms with Crippen molar-refractivity contribution in [3.63, 3.8) is 0 Å². The molecule has 0 atom stereocenters. The van der Waals surface area contributed by atoms with Crippen LogP contribution in [0.15, 0.2) is 0 Å². The summed E-state index contributed by atoms with van der Waals surface area (Å²) in [5.74, 6) is 0. The van der Waals surface area contributed by atoms with Gasteiger partial charge in [0.1, 0.15) is 0 Å². The van der Waals surface area contributed by atoms with Crippen LogP contribution in [0.2, 0.25) is 0 Å². The number of fused-ring (bicyclic) bond motifs is 6. The van der Waals surface area contributed by atoms with Crippen LogP contribution in [0.3, 0.4) is 0 Å². The van der Waals surface area contributed by atoms with Crippen LogP contribution in [-0.2, 0) is 9.22 Å². The minimum absolute atomic E-state index is 0.744. The average molecular weight is 309 g/mol. The van der Waals surface area contributed by atoms with Crippen LogP contribution < -0.4 is 0 Å². The van der Waals surface area contributed by atoms with Crippen molar-refractivity contribution in [3.8, 4) is 0 Å². The average Bonchev–Trinajstić information content (AvgIpc) is 1.99. The van der Waals surface area contributed by atoms with Crippen molar-refractivity contribution in [1.29, 1.82) is 0 Å². The molecule has 2 bridgehead atoms. The molecule has 3 heterocycles. The fourth-order valence-electron chi connectivity index (χ4n) is 1.76. The van der Waals surface area contributed by atoms with E-state index in [1.54, 1.807) is 0 Å². The van der Waals surface area contributed by atoms with E-state index < -0.39 is 19.9 Å². The molecule has 3 aliphatic rings. The molecule has 0 aliphatic carbocycles. The van der Waals surface area contributed by atoms with Crippen LogP contribution in [0.4, 0.5) is 0 Å². The number of rotatable bonds is 1. The molecule has 3 fully saturated rings. The molecular weight excluding hydrogens is 291 g/mol. The summed E-state index contributed by atoms with van der Waals surface area (Å²) in [4.78, 5) is 2.32. The Bertz CT molecular complexity index is 176. The molecule has 3 aliphatic heterocycles. The minimum atomic E-state index is -3.29. The zero-order valence-corrected chi connectivity index (χ0v) is 11.7. The normalized spacial score (nSPS) is 39.2. The Morgan fingerprint density at radius 3 is 1.71 bits per heavy atom. The van der Waals surface area contributed by atoms with E-state index >= 15 is 0 Å². The zero-order valence-electron chi connectivity index (χ0n) is 8.86. The van der Waals surface area contributed by atoms with Crippen molar-refractivity contribution in [3.05, 3.63) is 0 Å². The fourth-order valence-corrected chi connectivity index (χ4v) is 7.67. The van der Waals surface area contributed by atoms with Crippen molar-refractivity contribution < 1.29 is 9.22 Å². The third kappa shape index (κ3) is 2.23. The van der Waals surface area contributed by atoms with E-state index in [2.05, 4.69) is 8.02 Å². The van der Waals surface area contributed by atoms with Gasteiger partial charge in [0.05, 0.1) is 0 Å². The first-order chi connectivity index (χ1) is 6.73. The zero-order chi connectivity index (χ0) is 10.0. The molecule has 0 radical (unpaired) electrons. The van der Waals surface area contributed by atoms with Crippen LogP contribution >= 0.6 is 0 Å². The van der Waals surface area contributed by atoms with Gasteiger partial charge in [-0.2, -0.15) is 0 Å². The van der Waals surface area contributed by atoms with Crippen LogP contribution in [0.25, 0.3) is 0 Å². The number of hydrogen-bond donors (Lipinski definition) is 0. The molecule has 5 nitrogen and oxygen atoms in total. The van der Waals surface area contributed by atoms with Crippen molar-refractivity contribution in [1.82, 2.24) is 8.02 Å². The fraction of sp³-hybridized carbons (Fsp3) is 1.00. The summed E-state index contributed by atoms with van der Waals surface area (Å²) >= 11 is -3.29. The van der Waals surface area contributed by atoms with E-state index in [4.69, 9.17) is 9.22 Å². The van der Waals surface area contributed by atoms with Gasteiger partial charge < -0.3 is 0 Å². The van der Waals surface area contributed by atoms with E-state index in [0.717, 1.165) is 39.5 Å². The Morgan fingerprint density at radius 1 is 0.929 bits per heavy atom. The molecule has 3 rings (SSSR count). The quantitative estimate of drug-likeness (QED) is 0.602. The predicted molar refractivity (Wildman–Crippen MR) is 53.7 cm³/mol. The maximum atomic E-state index is 5.85. The van der Waals surface area contributed by atoms with E-state index in [9.17, 15) is 0 Å². The van der Waals surface area contributed by atoms with Gasteiger partial charge >= 0.3 is 90.7 Å². The van der Waals surface area contributed by atoms with Crippen LogP contribution in [0, 0.1) is 0 Å². The monoisotopic (exact) mass is 310 g/mol. The third-order valence-corrected chi connectivity index (χ3v) is 10.6. The standard InChI is InChI=1S/C6H12NO3.C2H6N.Sn/c8-4-1-7(2-5-9)3-6-10;1-3-2;/h1-6H2;1-2H3;/q-3;-1;+4. The maximum absolute atomic E-state index is 5.85. The van der Waals surface area contributed by atoms with Gasteiger partial charge in [-0.3, -0.25) is 0 Å². The first kappa shape index (κ1) is 11.1. The summed E-state index contributed by atoms with van der Waals surface area (Å²) in [5, 5.41) is 0. The molecule has 0 aromatic carbocycles. The van der Waals surface area contributed by atoms with Crippen LogP contribution in [0.1, 0.15) is 0 Å². The molecular formula is C8H18N2O3Sn. The van der Waals surface area contributed by atoms with Crippen LogP contribution in [-0.4, -0.2) is 81.5 Å². The van der Waals surface area contributed by atoms with Gasteiger partial charge in [0.2, 0.25) is 0 Å². The molecule has 0 spiro atoms. The van der Waals surface area contributed by atoms with E-state index in [1.165, 1.54) is 0 Å². The summed E-state index contributed by atoms with van der Waals surface area (Å²) in [6.45, 7) is 5.27. The summed E-state index contributed by atoms with van der Waals surface area (Å²) in [6.07, 6.45) is 0. The Labute approximate surface area is 90.8 Å². The van der Waals surface area contributed by atoms with Crippen molar-refractivity contribution in [2.45, 2.75) is 0 Å². The summed E-state index contributed by atoms with van der Waals surface area (Å²) < 4.78 is 19.6. The van der Waals surface area contributed by atoms with Gasteiger partial charge in [-0.15, -0.1) is 0 Å². The summed E-state index contributed by atoms with van der Waals surface area (Å²) in [6, 6.07) is 0. The van der Waals surface area contributed by atoms with Gasteiger partial charge in [-0.1, -0.05) is 0 Å². The van der Waals surface area contributed by atoms with Crippen molar-refractivity contribution in [2.75, 3.05) is 53.6 Å². The molecule has 3 saturated heterocycles. The predicted octanol–water partition coefficient (Wildman–Crippen LogP) is -0.637. The van der Waals surface area contributed by atoms with E-state index in [0.29, 0.717) is 0 Å². The second kappa shape index (κ2) is 4.63. The topological polar surface area (TPSA) is 34.2 Å². The van der Waals surface area contributed by atoms with E-state index in [1.807, 2.05) is 14.1 Å². The van der Waals surface area contributed by atoms with Gasteiger partial charge in [0.25, 0.3) is 0 Å². The molecule has 0 aromatic rings.